The summed E-state index contributed by atoms with van der Waals surface area (Å²) >= 11 is 0. The highest BCUT2D eigenvalue weighted by molar-refractivity contribution is 5.99. The molecule has 3 rings (SSSR count). The van der Waals surface area contributed by atoms with Crippen molar-refractivity contribution < 1.29 is 5.11 Å². The van der Waals surface area contributed by atoms with Crippen LogP contribution < -0.4 is 5.43 Å². The van der Waals surface area contributed by atoms with Crippen LogP contribution in [0.2, 0.25) is 0 Å². The monoisotopic (exact) mass is 241 g/mol. The molecule has 0 saturated carbocycles. The molecular formula is C12H11N5O. The first-order chi connectivity index (χ1) is 8.83. The van der Waals surface area contributed by atoms with Gasteiger partial charge >= 0.3 is 0 Å². The molecule has 0 saturated heterocycles. The van der Waals surface area contributed by atoms with E-state index < -0.39 is 0 Å². The van der Waals surface area contributed by atoms with Gasteiger partial charge in [-0.15, -0.1) is 0 Å². The van der Waals surface area contributed by atoms with E-state index in [1.54, 1.807) is 30.7 Å². The smallest absolute Gasteiger partial charge is 0.220 e. The predicted octanol–water partition coefficient (Wildman–Crippen LogP) is 2.04. The molecule has 6 heteroatoms. The highest BCUT2D eigenvalue weighted by atomic mass is 16.3. The Morgan fingerprint density at radius 1 is 1.33 bits per heavy atom. The second kappa shape index (κ2) is 4.25. The van der Waals surface area contributed by atoms with E-state index in [1.165, 1.54) is 0 Å². The number of phenols is 1. The summed E-state index contributed by atoms with van der Waals surface area (Å²) < 4.78 is 0. The molecular weight excluding hydrogens is 230 g/mol. The topological polar surface area (TPSA) is 89.1 Å². The number of anilines is 1. The molecule has 18 heavy (non-hydrogen) atoms. The van der Waals surface area contributed by atoms with Crippen LogP contribution in [0.4, 0.5) is 5.95 Å². The minimum Gasteiger partial charge on any atom is -0.508 e. The Morgan fingerprint density at radius 3 is 3.11 bits per heavy atom. The number of aromatic nitrogens is 3. The van der Waals surface area contributed by atoms with Crippen LogP contribution >= 0.6 is 0 Å². The minimum atomic E-state index is 0.232. The number of hydrogen-bond donors (Lipinski definition) is 4. The Kier molecular flexibility index (Phi) is 2.45. The summed E-state index contributed by atoms with van der Waals surface area (Å²) in [6.07, 6.45) is 6.85. The van der Waals surface area contributed by atoms with Gasteiger partial charge < -0.3 is 15.1 Å². The maximum Gasteiger partial charge on any atom is 0.220 e. The molecule has 4 N–H and O–H groups in total. The minimum absolute atomic E-state index is 0.232. The van der Waals surface area contributed by atoms with Gasteiger partial charge in [-0.3, -0.25) is 0 Å². The Labute approximate surface area is 102 Å². The number of imidazole rings is 1. The lowest BCUT2D eigenvalue weighted by Gasteiger charge is -1.95. The van der Waals surface area contributed by atoms with Gasteiger partial charge in [0, 0.05) is 35.1 Å². The molecule has 1 aromatic carbocycles. The summed E-state index contributed by atoms with van der Waals surface area (Å²) in [5.74, 6) is 0.810. The number of aromatic amines is 2. The number of nitrogens with one attached hydrogen (secondary N) is 3. The number of H-pyrrole nitrogens is 2. The third-order valence-corrected chi connectivity index (χ3v) is 2.57. The largest absolute Gasteiger partial charge is 0.508 e. The molecule has 0 aliphatic heterocycles. The molecule has 90 valence electrons. The first-order valence-electron chi connectivity index (χ1n) is 5.41. The van der Waals surface area contributed by atoms with Gasteiger partial charge in [-0.1, -0.05) is 0 Å². The van der Waals surface area contributed by atoms with E-state index in [4.69, 9.17) is 0 Å². The number of benzene rings is 1. The molecule has 0 aliphatic rings. The fourth-order valence-electron chi connectivity index (χ4n) is 1.73. The van der Waals surface area contributed by atoms with Gasteiger partial charge in [-0.2, -0.15) is 5.10 Å². The van der Waals surface area contributed by atoms with E-state index in [0.29, 0.717) is 5.95 Å². The molecule has 0 aliphatic carbocycles. The first kappa shape index (κ1) is 10.4. The molecule has 2 aromatic heterocycles. The molecule has 3 aromatic rings. The fraction of sp³-hybridized carbons (Fsp3) is 0. The van der Waals surface area contributed by atoms with Crippen LogP contribution in [0.15, 0.2) is 41.9 Å². The zero-order valence-corrected chi connectivity index (χ0v) is 9.38. The molecule has 0 spiro atoms. The third kappa shape index (κ3) is 1.91. The zero-order valence-electron chi connectivity index (χ0n) is 9.38. The van der Waals surface area contributed by atoms with Crippen molar-refractivity contribution in [2.45, 2.75) is 0 Å². The predicted molar refractivity (Wildman–Crippen MR) is 69.8 cm³/mol. The Bertz CT molecular complexity index is 684. The van der Waals surface area contributed by atoms with Crippen LogP contribution in [0.3, 0.4) is 0 Å². The number of fused-ring (bicyclic) bond motifs is 1. The van der Waals surface area contributed by atoms with Crippen molar-refractivity contribution in [1.29, 1.82) is 0 Å². The molecule has 0 radical (unpaired) electrons. The Balaban J connectivity index is 1.86. The normalized spacial score (nSPS) is 11.3. The van der Waals surface area contributed by atoms with Crippen LogP contribution in [0.5, 0.6) is 5.75 Å². The lowest BCUT2D eigenvalue weighted by atomic mass is 10.2. The van der Waals surface area contributed by atoms with Crippen LogP contribution in [0.25, 0.3) is 10.9 Å². The molecule has 6 nitrogen and oxygen atoms in total. The first-order valence-corrected chi connectivity index (χ1v) is 5.41. The number of hydrogen-bond acceptors (Lipinski definition) is 4. The van der Waals surface area contributed by atoms with Crippen molar-refractivity contribution >= 4 is 23.1 Å². The highest BCUT2D eigenvalue weighted by Gasteiger charge is 2.02. The van der Waals surface area contributed by atoms with Crippen LogP contribution in [-0.2, 0) is 0 Å². The SMILES string of the molecule is Oc1ccc2[nH]cc(/C=N/Nc3ncc[nH]3)c2c1. The Hall–Kier alpha value is -2.76. The molecule has 0 unspecified atom stereocenters. The van der Waals surface area contributed by atoms with Crippen molar-refractivity contribution in [2.75, 3.05) is 5.43 Å². The standard InChI is InChI=1S/C12H11N5O/c18-9-1-2-11-10(5-9)8(6-15-11)7-16-17-12-13-3-4-14-12/h1-7,15,18H,(H2,13,14,17)/b16-7+. The van der Waals surface area contributed by atoms with Gasteiger partial charge in [0.2, 0.25) is 5.95 Å². The van der Waals surface area contributed by atoms with Crippen molar-refractivity contribution in [3.05, 3.63) is 42.4 Å². The van der Waals surface area contributed by atoms with Crippen LogP contribution in [0.1, 0.15) is 5.56 Å². The lowest BCUT2D eigenvalue weighted by Crippen LogP contribution is -1.91. The van der Waals surface area contributed by atoms with E-state index in [2.05, 4.69) is 25.5 Å². The molecule has 0 amide bonds. The molecule has 0 atom stereocenters. The van der Waals surface area contributed by atoms with Crippen molar-refractivity contribution in [1.82, 2.24) is 15.0 Å². The van der Waals surface area contributed by atoms with Crippen molar-refractivity contribution in [3.8, 4) is 5.75 Å². The van der Waals surface area contributed by atoms with E-state index >= 15 is 0 Å². The van der Waals surface area contributed by atoms with Gasteiger partial charge in [-0.05, 0) is 18.2 Å². The van der Waals surface area contributed by atoms with Gasteiger partial charge in [0.25, 0.3) is 0 Å². The third-order valence-electron chi connectivity index (χ3n) is 2.57. The number of rotatable bonds is 3. The molecule has 0 fully saturated rings. The van der Waals surface area contributed by atoms with E-state index in [0.717, 1.165) is 16.5 Å². The average molecular weight is 241 g/mol. The van der Waals surface area contributed by atoms with Gasteiger partial charge in [-0.25, -0.2) is 10.4 Å². The highest BCUT2D eigenvalue weighted by Crippen LogP contribution is 2.21. The van der Waals surface area contributed by atoms with Crippen molar-refractivity contribution in [2.24, 2.45) is 5.10 Å². The number of hydrazone groups is 1. The summed E-state index contributed by atoms with van der Waals surface area (Å²) in [6.45, 7) is 0. The fourth-order valence-corrected chi connectivity index (χ4v) is 1.73. The molecule has 0 bridgehead atoms. The molecule has 2 heterocycles. The van der Waals surface area contributed by atoms with Crippen LogP contribution in [-0.4, -0.2) is 26.3 Å². The van der Waals surface area contributed by atoms with Crippen molar-refractivity contribution in [3.63, 3.8) is 0 Å². The quantitative estimate of drug-likeness (QED) is 0.418. The number of nitrogens with zero attached hydrogens (tertiary/aromatic N) is 2. The summed E-state index contributed by atoms with van der Waals surface area (Å²) in [7, 11) is 0. The van der Waals surface area contributed by atoms with Gasteiger partial charge in [0.15, 0.2) is 0 Å². The zero-order chi connectivity index (χ0) is 12.4. The Morgan fingerprint density at radius 2 is 2.28 bits per heavy atom. The second-order valence-electron chi connectivity index (χ2n) is 3.78. The average Bonchev–Trinajstić information content (AvgIpc) is 2.99. The second-order valence-corrected chi connectivity index (χ2v) is 3.78. The summed E-state index contributed by atoms with van der Waals surface area (Å²) in [6, 6.07) is 5.16. The van der Waals surface area contributed by atoms with E-state index in [9.17, 15) is 5.11 Å². The maximum absolute atomic E-state index is 9.46. The summed E-state index contributed by atoms with van der Waals surface area (Å²) in [5.41, 5.74) is 4.61. The van der Waals surface area contributed by atoms with E-state index in [1.807, 2.05) is 12.3 Å². The van der Waals surface area contributed by atoms with Crippen LogP contribution in [0, 0.1) is 0 Å². The summed E-state index contributed by atoms with van der Waals surface area (Å²) in [4.78, 5) is 9.97. The maximum atomic E-state index is 9.46. The number of aromatic hydroxyl groups is 1. The van der Waals surface area contributed by atoms with Gasteiger partial charge in [0.05, 0.1) is 6.21 Å². The van der Waals surface area contributed by atoms with Gasteiger partial charge in [0.1, 0.15) is 5.75 Å². The number of phenolic OH excluding ortho intramolecular Hbond substituents is 1. The van der Waals surface area contributed by atoms with E-state index in [-0.39, 0.29) is 5.75 Å². The summed E-state index contributed by atoms with van der Waals surface area (Å²) in [5, 5.41) is 14.4. The lowest BCUT2D eigenvalue weighted by molar-refractivity contribution is 0.476.